The molecule has 0 amide bonds. The predicted octanol–water partition coefficient (Wildman–Crippen LogP) is 3.01. The summed E-state index contributed by atoms with van der Waals surface area (Å²) >= 11 is 2.07. The molecule has 2 N–H and O–H groups in total. The van der Waals surface area contributed by atoms with Gasteiger partial charge in [-0.25, -0.2) is 9.37 Å². The summed E-state index contributed by atoms with van der Waals surface area (Å²) in [6.45, 7) is 0. The van der Waals surface area contributed by atoms with Gasteiger partial charge in [-0.05, 0) is 46.9 Å². The van der Waals surface area contributed by atoms with Crippen molar-refractivity contribution in [1.29, 1.82) is 0 Å². The van der Waals surface area contributed by atoms with E-state index >= 15 is 0 Å². The van der Waals surface area contributed by atoms with Crippen LogP contribution in [-0.4, -0.2) is 17.0 Å². The average molecular weight is 344 g/mol. The molecule has 17 heavy (non-hydrogen) atoms. The highest BCUT2D eigenvalue weighted by Crippen LogP contribution is 2.22. The van der Waals surface area contributed by atoms with Crippen molar-refractivity contribution < 1.29 is 4.39 Å². The fourth-order valence-electron chi connectivity index (χ4n) is 1.28. The number of hydrogen-bond acceptors (Lipinski definition) is 4. The second-order valence-corrected chi connectivity index (χ2v) is 4.43. The van der Waals surface area contributed by atoms with Gasteiger partial charge in [0.2, 0.25) is 5.95 Å². The Balaban J connectivity index is 2.25. The Bertz CT molecular complexity index is 533. The van der Waals surface area contributed by atoms with Crippen molar-refractivity contribution in [3.63, 3.8) is 0 Å². The summed E-state index contributed by atoms with van der Waals surface area (Å²) in [7, 11) is 1.75. The minimum absolute atomic E-state index is 0.251. The van der Waals surface area contributed by atoms with Crippen molar-refractivity contribution in [2.75, 3.05) is 17.7 Å². The molecule has 6 heteroatoms. The number of halogens is 2. The van der Waals surface area contributed by atoms with Crippen molar-refractivity contribution in [1.82, 2.24) is 9.97 Å². The first-order chi connectivity index (χ1) is 8.19. The van der Waals surface area contributed by atoms with Crippen LogP contribution in [0.15, 0.2) is 30.5 Å². The van der Waals surface area contributed by atoms with Gasteiger partial charge in [-0.1, -0.05) is 0 Å². The third-order valence-electron chi connectivity index (χ3n) is 2.07. The SMILES string of the molecule is CNc1nccc(Nc2ccc(F)cc2I)n1. The van der Waals surface area contributed by atoms with Crippen molar-refractivity contribution in [3.05, 3.63) is 39.8 Å². The van der Waals surface area contributed by atoms with Gasteiger partial charge >= 0.3 is 0 Å². The van der Waals surface area contributed by atoms with Gasteiger partial charge in [0.15, 0.2) is 0 Å². The lowest BCUT2D eigenvalue weighted by Crippen LogP contribution is -2.00. The summed E-state index contributed by atoms with van der Waals surface area (Å²) in [4.78, 5) is 8.23. The van der Waals surface area contributed by atoms with Crippen molar-refractivity contribution in [3.8, 4) is 0 Å². The topological polar surface area (TPSA) is 49.8 Å². The van der Waals surface area contributed by atoms with Crippen molar-refractivity contribution in [2.45, 2.75) is 0 Å². The maximum atomic E-state index is 12.9. The second-order valence-electron chi connectivity index (χ2n) is 3.26. The predicted molar refractivity (Wildman–Crippen MR) is 74.0 cm³/mol. The zero-order valence-corrected chi connectivity index (χ0v) is 11.2. The summed E-state index contributed by atoms with van der Waals surface area (Å²) in [5.74, 6) is 0.944. The lowest BCUT2D eigenvalue weighted by atomic mass is 10.3. The van der Waals surface area contributed by atoms with Gasteiger partial charge in [-0.2, -0.15) is 4.98 Å². The summed E-state index contributed by atoms with van der Waals surface area (Å²) in [5, 5.41) is 5.96. The lowest BCUT2D eigenvalue weighted by Gasteiger charge is -2.08. The molecular formula is C11H10FIN4. The van der Waals surface area contributed by atoms with Crippen molar-refractivity contribution in [2.24, 2.45) is 0 Å². The largest absolute Gasteiger partial charge is 0.357 e. The summed E-state index contributed by atoms with van der Waals surface area (Å²) < 4.78 is 13.7. The first-order valence-electron chi connectivity index (χ1n) is 4.92. The molecule has 0 aliphatic carbocycles. The zero-order valence-electron chi connectivity index (χ0n) is 9.04. The van der Waals surface area contributed by atoms with Crippen LogP contribution in [-0.2, 0) is 0 Å². The molecule has 1 aromatic carbocycles. The molecule has 0 saturated heterocycles. The van der Waals surface area contributed by atoms with Gasteiger partial charge in [-0.15, -0.1) is 0 Å². The molecule has 2 rings (SSSR count). The minimum atomic E-state index is -0.251. The third kappa shape index (κ3) is 3.02. The zero-order chi connectivity index (χ0) is 12.3. The van der Waals surface area contributed by atoms with Crippen LogP contribution in [0.3, 0.4) is 0 Å². The molecule has 0 saturated carbocycles. The summed E-state index contributed by atoms with van der Waals surface area (Å²) in [5.41, 5.74) is 0.813. The Hall–Kier alpha value is -1.44. The molecule has 0 aliphatic heterocycles. The standard InChI is InChI=1S/C11H10FIN4/c1-14-11-15-5-4-10(17-11)16-9-3-2-7(12)6-8(9)13/h2-6H,1H3,(H2,14,15,16,17). The Labute approximate surface area is 112 Å². The first-order valence-corrected chi connectivity index (χ1v) is 6.00. The van der Waals surface area contributed by atoms with Crippen LogP contribution in [0.2, 0.25) is 0 Å². The van der Waals surface area contributed by atoms with E-state index in [0.717, 1.165) is 9.26 Å². The van der Waals surface area contributed by atoms with Crippen molar-refractivity contribution >= 4 is 40.0 Å². The normalized spacial score (nSPS) is 10.1. The number of nitrogens with one attached hydrogen (secondary N) is 2. The molecule has 1 aromatic heterocycles. The highest BCUT2D eigenvalue weighted by Gasteiger charge is 2.03. The van der Waals surface area contributed by atoms with Crippen LogP contribution in [0, 0.1) is 9.39 Å². The molecule has 1 heterocycles. The molecule has 0 unspecified atom stereocenters. The van der Waals surface area contributed by atoms with E-state index in [-0.39, 0.29) is 5.82 Å². The highest BCUT2D eigenvalue weighted by molar-refractivity contribution is 14.1. The number of rotatable bonds is 3. The van der Waals surface area contributed by atoms with E-state index in [9.17, 15) is 4.39 Å². The average Bonchev–Trinajstić information content (AvgIpc) is 2.33. The van der Waals surface area contributed by atoms with Gasteiger partial charge in [0.25, 0.3) is 0 Å². The number of hydrogen-bond donors (Lipinski definition) is 2. The van der Waals surface area contributed by atoms with E-state index in [1.807, 2.05) is 0 Å². The number of aromatic nitrogens is 2. The van der Waals surface area contributed by atoms with E-state index in [1.165, 1.54) is 12.1 Å². The lowest BCUT2D eigenvalue weighted by molar-refractivity contribution is 0.627. The Morgan fingerprint density at radius 2 is 2.12 bits per heavy atom. The monoisotopic (exact) mass is 344 g/mol. The molecule has 0 aliphatic rings. The van der Waals surface area contributed by atoms with Crippen LogP contribution >= 0.6 is 22.6 Å². The number of nitrogens with zero attached hydrogens (tertiary/aromatic N) is 2. The summed E-state index contributed by atoms with van der Waals surface area (Å²) in [6, 6.07) is 6.30. The third-order valence-corrected chi connectivity index (χ3v) is 2.97. The molecule has 0 bridgehead atoms. The number of benzene rings is 1. The molecule has 0 fully saturated rings. The summed E-state index contributed by atoms with van der Waals surface area (Å²) in [6.07, 6.45) is 1.65. The molecule has 88 valence electrons. The Kier molecular flexibility index (Phi) is 3.72. The van der Waals surface area contributed by atoms with Crippen LogP contribution in [0.4, 0.5) is 21.8 Å². The molecule has 0 atom stereocenters. The first kappa shape index (κ1) is 12.0. The smallest absolute Gasteiger partial charge is 0.224 e. The fourth-order valence-corrected chi connectivity index (χ4v) is 1.89. The minimum Gasteiger partial charge on any atom is -0.357 e. The molecule has 0 spiro atoms. The molecule has 0 radical (unpaired) electrons. The maximum absolute atomic E-state index is 12.9. The van der Waals surface area contributed by atoms with Gasteiger partial charge < -0.3 is 10.6 Å². The number of anilines is 3. The van der Waals surface area contributed by atoms with Crippen LogP contribution in [0.25, 0.3) is 0 Å². The van der Waals surface area contributed by atoms with Gasteiger partial charge in [-0.3, -0.25) is 0 Å². The molecule has 2 aromatic rings. The highest BCUT2D eigenvalue weighted by atomic mass is 127. The molecular weight excluding hydrogens is 334 g/mol. The van der Waals surface area contributed by atoms with E-state index < -0.39 is 0 Å². The van der Waals surface area contributed by atoms with E-state index in [4.69, 9.17) is 0 Å². The Morgan fingerprint density at radius 3 is 2.82 bits per heavy atom. The Morgan fingerprint density at radius 1 is 1.29 bits per heavy atom. The second kappa shape index (κ2) is 5.26. The van der Waals surface area contributed by atoms with E-state index in [2.05, 4.69) is 43.2 Å². The molecule has 4 nitrogen and oxygen atoms in total. The van der Waals surface area contributed by atoms with Crippen LogP contribution < -0.4 is 10.6 Å². The maximum Gasteiger partial charge on any atom is 0.224 e. The van der Waals surface area contributed by atoms with Gasteiger partial charge in [0, 0.05) is 16.8 Å². The van der Waals surface area contributed by atoms with Crippen LogP contribution in [0.5, 0.6) is 0 Å². The van der Waals surface area contributed by atoms with E-state index in [1.54, 1.807) is 25.4 Å². The quantitative estimate of drug-likeness (QED) is 0.841. The van der Waals surface area contributed by atoms with Gasteiger partial charge in [0.1, 0.15) is 11.6 Å². The van der Waals surface area contributed by atoms with Gasteiger partial charge in [0.05, 0.1) is 5.69 Å². The van der Waals surface area contributed by atoms with E-state index in [0.29, 0.717) is 11.8 Å². The fraction of sp³-hybridized carbons (Fsp3) is 0.0909. The van der Waals surface area contributed by atoms with Crippen LogP contribution in [0.1, 0.15) is 0 Å².